The molecule has 94 valence electrons. The standard InChI is InChI=1S/C13H20N2O2/c1-15-10-11(9-14-15)5-6-12(16)13(17-2)7-3-4-8-13/h9-10H,3-8H2,1-2H3. The first-order chi connectivity index (χ1) is 8.16. The molecule has 1 aliphatic carbocycles. The monoisotopic (exact) mass is 236 g/mol. The van der Waals surface area contributed by atoms with Crippen LogP contribution >= 0.6 is 0 Å². The largest absolute Gasteiger partial charge is 0.370 e. The summed E-state index contributed by atoms with van der Waals surface area (Å²) in [7, 11) is 3.55. The molecule has 1 aliphatic rings. The Hall–Kier alpha value is -1.16. The number of Topliss-reactive ketones (excluding diaryl/α,β-unsaturated/α-hetero) is 1. The van der Waals surface area contributed by atoms with Gasteiger partial charge in [0, 0.05) is 26.8 Å². The van der Waals surface area contributed by atoms with Crippen LogP contribution in [0.15, 0.2) is 12.4 Å². The lowest BCUT2D eigenvalue weighted by atomic mass is 9.92. The van der Waals surface area contributed by atoms with E-state index in [0.717, 1.165) is 37.7 Å². The van der Waals surface area contributed by atoms with Gasteiger partial charge in [0.1, 0.15) is 5.60 Å². The topological polar surface area (TPSA) is 44.1 Å². The van der Waals surface area contributed by atoms with Crippen molar-refractivity contribution < 1.29 is 9.53 Å². The van der Waals surface area contributed by atoms with Crippen LogP contribution in [-0.4, -0.2) is 28.3 Å². The highest BCUT2D eigenvalue weighted by Crippen LogP contribution is 2.34. The van der Waals surface area contributed by atoms with Gasteiger partial charge >= 0.3 is 0 Å². The number of aryl methyl sites for hydroxylation is 2. The normalized spacial score (nSPS) is 18.5. The van der Waals surface area contributed by atoms with Crippen LogP contribution in [0.3, 0.4) is 0 Å². The zero-order chi connectivity index (χ0) is 12.3. The van der Waals surface area contributed by atoms with E-state index in [2.05, 4.69) is 5.10 Å². The van der Waals surface area contributed by atoms with Gasteiger partial charge in [-0.05, 0) is 37.7 Å². The number of hydrogen-bond donors (Lipinski definition) is 0. The average Bonchev–Trinajstić information content (AvgIpc) is 2.95. The van der Waals surface area contributed by atoms with E-state index in [1.807, 2.05) is 19.4 Å². The number of aromatic nitrogens is 2. The highest BCUT2D eigenvalue weighted by Gasteiger charge is 2.40. The minimum Gasteiger partial charge on any atom is -0.370 e. The van der Waals surface area contributed by atoms with Crippen molar-refractivity contribution in [3.8, 4) is 0 Å². The van der Waals surface area contributed by atoms with Crippen LogP contribution in [0.25, 0.3) is 0 Å². The smallest absolute Gasteiger partial charge is 0.164 e. The molecule has 0 saturated heterocycles. The maximum absolute atomic E-state index is 12.2. The van der Waals surface area contributed by atoms with Crippen LogP contribution in [-0.2, 0) is 23.0 Å². The van der Waals surface area contributed by atoms with E-state index in [0.29, 0.717) is 6.42 Å². The Labute approximate surface area is 102 Å². The highest BCUT2D eigenvalue weighted by atomic mass is 16.5. The summed E-state index contributed by atoms with van der Waals surface area (Å²) >= 11 is 0. The summed E-state index contributed by atoms with van der Waals surface area (Å²) < 4.78 is 7.25. The van der Waals surface area contributed by atoms with E-state index in [9.17, 15) is 4.79 Å². The van der Waals surface area contributed by atoms with Gasteiger partial charge in [0.2, 0.25) is 0 Å². The molecule has 0 spiro atoms. The summed E-state index contributed by atoms with van der Waals surface area (Å²) in [6.07, 6.45) is 9.07. The Kier molecular flexibility index (Phi) is 3.62. The predicted octanol–water partition coefficient (Wildman–Crippen LogP) is 1.88. The molecule has 1 fully saturated rings. The van der Waals surface area contributed by atoms with Gasteiger partial charge in [-0.25, -0.2) is 0 Å². The van der Waals surface area contributed by atoms with Crippen LogP contribution < -0.4 is 0 Å². The number of carbonyl (C=O) groups is 1. The minimum absolute atomic E-state index is 0.251. The van der Waals surface area contributed by atoms with Gasteiger partial charge < -0.3 is 4.74 Å². The number of rotatable bonds is 5. The van der Waals surface area contributed by atoms with Gasteiger partial charge in [0.05, 0.1) is 6.20 Å². The lowest BCUT2D eigenvalue weighted by Gasteiger charge is -2.25. The second kappa shape index (κ2) is 5.00. The van der Waals surface area contributed by atoms with Crippen LogP contribution in [0.2, 0.25) is 0 Å². The van der Waals surface area contributed by atoms with Crippen LogP contribution in [0.1, 0.15) is 37.7 Å². The molecule has 17 heavy (non-hydrogen) atoms. The van der Waals surface area contributed by atoms with Gasteiger partial charge in [0.25, 0.3) is 0 Å². The first kappa shape index (κ1) is 12.3. The summed E-state index contributed by atoms with van der Waals surface area (Å²) in [6.45, 7) is 0. The number of ketones is 1. The zero-order valence-electron chi connectivity index (χ0n) is 10.6. The molecule has 1 aromatic rings. The third-order valence-electron chi connectivity index (χ3n) is 3.71. The van der Waals surface area contributed by atoms with Crippen molar-refractivity contribution in [1.29, 1.82) is 0 Å². The van der Waals surface area contributed by atoms with Crippen molar-refractivity contribution in [1.82, 2.24) is 9.78 Å². The zero-order valence-corrected chi connectivity index (χ0v) is 10.6. The number of ether oxygens (including phenoxy) is 1. The summed E-state index contributed by atoms with van der Waals surface area (Å²) in [5, 5.41) is 4.10. The van der Waals surface area contributed by atoms with Crippen LogP contribution in [0.4, 0.5) is 0 Å². The third-order valence-corrected chi connectivity index (χ3v) is 3.71. The van der Waals surface area contributed by atoms with Gasteiger partial charge in [-0.1, -0.05) is 0 Å². The molecule has 2 rings (SSSR count). The van der Waals surface area contributed by atoms with E-state index in [1.165, 1.54) is 0 Å². The van der Waals surface area contributed by atoms with Crippen molar-refractivity contribution in [3.05, 3.63) is 18.0 Å². The Balaban J connectivity index is 1.92. The second-order valence-electron chi connectivity index (χ2n) is 4.85. The fourth-order valence-corrected chi connectivity index (χ4v) is 2.63. The Bertz CT molecular complexity index is 392. The Morgan fingerprint density at radius 3 is 2.76 bits per heavy atom. The molecule has 0 aliphatic heterocycles. The van der Waals surface area contributed by atoms with Crippen LogP contribution in [0, 0.1) is 0 Å². The second-order valence-corrected chi connectivity index (χ2v) is 4.85. The van der Waals surface area contributed by atoms with E-state index in [4.69, 9.17) is 4.74 Å². The van der Waals surface area contributed by atoms with Crippen molar-refractivity contribution in [2.24, 2.45) is 7.05 Å². The number of nitrogens with zero attached hydrogens (tertiary/aromatic N) is 2. The maximum Gasteiger partial charge on any atom is 0.164 e. The van der Waals surface area contributed by atoms with Gasteiger partial charge in [-0.2, -0.15) is 5.10 Å². The molecule has 0 N–H and O–H groups in total. The SMILES string of the molecule is COC1(C(=O)CCc2cnn(C)c2)CCCC1. The summed E-state index contributed by atoms with van der Waals surface area (Å²) in [5.74, 6) is 0.251. The van der Waals surface area contributed by atoms with Gasteiger partial charge in [-0.3, -0.25) is 9.48 Å². The van der Waals surface area contributed by atoms with Crippen molar-refractivity contribution in [2.75, 3.05) is 7.11 Å². The summed E-state index contributed by atoms with van der Waals surface area (Å²) in [5.41, 5.74) is 0.632. The quantitative estimate of drug-likeness (QED) is 0.784. The van der Waals surface area contributed by atoms with E-state index >= 15 is 0 Å². The molecular formula is C13H20N2O2. The molecule has 0 aromatic carbocycles. The lowest BCUT2D eigenvalue weighted by Crippen LogP contribution is -2.37. The van der Waals surface area contributed by atoms with Crippen molar-refractivity contribution in [3.63, 3.8) is 0 Å². The first-order valence-electron chi connectivity index (χ1n) is 6.22. The van der Waals surface area contributed by atoms with Crippen molar-refractivity contribution >= 4 is 5.78 Å². The molecule has 4 heteroatoms. The average molecular weight is 236 g/mol. The van der Waals surface area contributed by atoms with Gasteiger partial charge in [0.15, 0.2) is 5.78 Å². The molecule has 0 unspecified atom stereocenters. The van der Waals surface area contributed by atoms with E-state index < -0.39 is 5.60 Å². The Morgan fingerprint density at radius 2 is 2.24 bits per heavy atom. The fourth-order valence-electron chi connectivity index (χ4n) is 2.63. The highest BCUT2D eigenvalue weighted by molar-refractivity contribution is 5.87. The summed E-state index contributed by atoms with van der Waals surface area (Å²) in [4.78, 5) is 12.2. The molecule has 0 atom stereocenters. The molecular weight excluding hydrogens is 216 g/mol. The molecule has 4 nitrogen and oxygen atoms in total. The Morgan fingerprint density at radius 1 is 1.53 bits per heavy atom. The number of carbonyl (C=O) groups excluding carboxylic acids is 1. The first-order valence-corrected chi connectivity index (χ1v) is 6.22. The predicted molar refractivity (Wildman–Crippen MR) is 64.7 cm³/mol. The minimum atomic E-state index is -0.484. The maximum atomic E-state index is 12.2. The molecule has 1 saturated carbocycles. The fraction of sp³-hybridized carbons (Fsp3) is 0.692. The van der Waals surface area contributed by atoms with E-state index in [1.54, 1.807) is 11.8 Å². The summed E-state index contributed by atoms with van der Waals surface area (Å²) in [6, 6.07) is 0. The van der Waals surface area contributed by atoms with E-state index in [-0.39, 0.29) is 5.78 Å². The van der Waals surface area contributed by atoms with Crippen molar-refractivity contribution in [2.45, 2.75) is 44.1 Å². The third kappa shape index (κ3) is 2.57. The molecule has 0 bridgehead atoms. The van der Waals surface area contributed by atoms with Crippen LogP contribution in [0.5, 0.6) is 0 Å². The lowest BCUT2D eigenvalue weighted by molar-refractivity contribution is -0.140. The number of hydrogen-bond acceptors (Lipinski definition) is 3. The van der Waals surface area contributed by atoms with Gasteiger partial charge in [-0.15, -0.1) is 0 Å². The molecule has 1 aromatic heterocycles. The number of methoxy groups -OCH3 is 1. The molecule has 1 heterocycles. The molecule has 0 radical (unpaired) electrons. The molecule has 0 amide bonds.